The zero-order valence-electron chi connectivity index (χ0n) is 9.15. The second-order valence-corrected chi connectivity index (χ2v) is 4.04. The number of nitrogens with one attached hydrogen (secondary N) is 1. The van der Waals surface area contributed by atoms with Gasteiger partial charge in [0.2, 0.25) is 0 Å². The Morgan fingerprint density at radius 3 is 2.20 bits per heavy atom. The van der Waals surface area contributed by atoms with Gasteiger partial charge >= 0.3 is 5.97 Å². The Hall–Kier alpha value is -0.920. The number of carbonyl (C=O) groups is 1. The maximum Gasteiger partial charge on any atom is 0.330 e. The van der Waals surface area contributed by atoms with Gasteiger partial charge in [-0.2, -0.15) is 8.42 Å². The molecule has 0 radical (unpaired) electrons. The van der Waals surface area contributed by atoms with Gasteiger partial charge in [0.05, 0.1) is 6.26 Å². The molecule has 0 aromatic rings. The molecule has 0 aliphatic rings. The molecule has 0 aliphatic carbocycles. The molecule has 0 aliphatic heterocycles. The molecule has 0 spiro atoms. The van der Waals surface area contributed by atoms with Crippen molar-refractivity contribution in [2.75, 3.05) is 33.6 Å². The largest absolute Gasteiger partial charge is 0.460 e. The van der Waals surface area contributed by atoms with Crippen molar-refractivity contribution in [2.45, 2.75) is 0 Å². The minimum atomic E-state index is -3.45. The van der Waals surface area contributed by atoms with E-state index in [4.69, 9.17) is 0 Å². The highest BCUT2D eigenvalue weighted by Crippen LogP contribution is 1.87. The van der Waals surface area contributed by atoms with Gasteiger partial charge in [0.25, 0.3) is 10.1 Å². The molecule has 90 valence electrons. The van der Waals surface area contributed by atoms with Crippen molar-refractivity contribution in [3.05, 3.63) is 12.7 Å². The van der Waals surface area contributed by atoms with E-state index in [-0.39, 0.29) is 13.2 Å². The molecule has 0 rings (SSSR count). The molecule has 0 heterocycles. The molecule has 0 amide bonds. The van der Waals surface area contributed by atoms with Crippen molar-refractivity contribution >= 4 is 16.1 Å². The molecular formula is C8H17NO5S. The van der Waals surface area contributed by atoms with Crippen molar-refractivity contribution in [2.24, 2.45) is 0 Å². The van der Waals surface area contributed by atoms with Crippen LogP contribution in [0.5, 0.6) is 0 Å². The highest BCUT2D eigenvalue weighted by molar-refractivity contribution is 7.85. The minimum Gasteiger partial charge on any atom is -0.460 e. The van der Waals surface area contributed by atoms with Crippen molar-refractivity contribution in [3.63, 3.8) is 0 Å². The quantitative estimate of drug-likeness (QED) is 0.302. The third-order valence-electron chi connectivity index (χ3n) is 0.792. The lowest BCUT2D eigenvalue weighted by molar-refractivity contribution is -0.138. The fourth-order valence-electron chi connectivity index (χ4n) is 0.387. The molecule has 7 heteroatoms. The van der Waals surface area contributed by atoms with Crippen LogP contribution in [0.3, 0.4) is 0 Å². The van der Waals surface area contributed by atoms with E-state index in [0.29, 0.717) is 0 Å². The first-order chi connectivity index (χ1) is 6.87. The zero-order chi connectivity index (χ0) is 12.3. The van der Waals surface area contributed by atoms with Crippen LogP contribution >= 0.6 is 0 Å². The predicted molar refractivity (Wildman–Crippen MR) is 56.9 cm³/mol. The van der Waals surface area contributed by atoms with Gasteiger partial charge < -0.3 is 10.1 Å². The van der Waals surface area contributed by atoms with Gasteiger partial charge in [-0.25, -0.2) is 4.79 Å². The lowest BCUT2D eigenvalue weighted by Crippen LogP contribution is -2.11. The topological polar surface area (TPSA) is 81.7 Å². The zero-order valence-corrected chi connectivity index (χ0v) is 9.96. The Kier molecular flexibility index (Phi) is 10.6. The van der Waals surface area contributed by atoms with Gasteiger partial charge in [0, 0.05) is 6.08 Å². The SMILES string of the molecule is C=CC(=O)OCCOS(C)(=O)=O.CNC. The summed E-state index contributed by atoms with van der Waals surface area (Å²) in [6, 6.07) is 0. The summed E-state index contributed by atoms with van der Waals surface area (Å²) in [4.78, 5) is 10.4. The standard InChI is InChI=1S/C6H10O5S.C2H7N/c1-3-6(7)10-4-5-11-12(2,8)9;1-3-2/h3H,1,4-5H2,2H3;3H,1-2H3. The molecule has 0 unspecified atom stereocenters. The Morgan fingerprint density at radius 2 is 1.87 bits per heavy atom. The number of rotatable bonds is 5. The average Bonchev–Trinajstić information content (AvgIpc) is 2.12. The van der Waals surface area contributed by atoms with Crippen LogP contribution < -0.4 is 5.32 Å². The van der Waals surface area contributed by atoms with Crippen molar-refractivity contribution in [1.82, 2.24) is 5.32 Å². The number of esters is 1. The van der Waals surface area contributed by atoms with E-state index >= 15 is 0 Å². The first kappa shape index (κ1) is 16.5. The Bertz CT molecular complexity index is 273. The Balaban J connectivity index is 0. The normalized spacial score (nSPS) is 9.80. The summed E-state index contributed by atoms with van der Waals surface area (Å²) in [6.07, 6.45) is 1.91. The van der Waals surface area contributed by atoms with E-state index in [1.165, 1.54) is 0 Å². The molecule has 0 saturated heterocycles. The predicted octanol–water partition coefficient (Wildman–Crippen LogP) is -0.473. The van der Waals surface area contributed by atoms with Gasteiger partial charge in [0.15, 0.2) is 0 Å². The number of hydrogen-bond acceptors (Lipinski definition) is 6. The summed E-state index contributed by atoms with van der Waals surface area (Å²) in [6.45, 7) is 2.89. The molecular weight excluding hydrogens is 222 g/mol. The first-order valence-electron chi connectivity index (χ1n) is 4.09. The maximum absolute atomic E-state index is 10.4. The second kappa shape index (κ2) is 9.63. The molecule has 0 aromatic carbocycles. The number of hydrogen-bond donors (Lipinski definition) is 1. The van der Waals surface area contributed by atoms with Crippen LogP contribution in [-0.2, 0) is 23.8 Å². The van der Waals surface area contributed by atoms with E-state index < -0.39 is 16.1 Å². The highest BCUT2D eigenvalue weighted by Gasteiger charge is 2.01. The first-order valence-corrected chi connectivity index (χ1v) is 5.91. The van der Waals surface area contributed by atoms with Gasteiger partial charge in [-0.05, 0) is 14.1 Å². The summed E-state index contributed by atoms with van der Waals surface area (Å²) in [5.74, 6) is -0.605. The average molecular weight is 239 g/mol. The summed E-state index contributed by atoms with van der Waals surface area (Å²) in [5, 5.41) is 2.75. The van der Waals surface area contributed by atoms with E-state index in [1.807, 2.05) is 14.1 Å². The lowest BCUT2D eigenvalue weighted by atomic mass is 10.6. The van der Waals surface area contributed by atoms with E-state index in [9.17, 15) is 13.2 Å². The molecule has 0 atom stereocenters. The van der Waals surface area contributed by atoms with Crippen molar-refractivity contribution < 1.29 is 22.1 Å². The van der Waals surface area contributed by atoms with Crippen molar-refractivity contribution in [1.29, 1.82) is 0 Å². The summed E-state index contributed by atoms with van der Waals surface area (Å²) >= 11 is 0. The van der Waals surface area contributed by atoms with Crippen LogP contribution in [0.15, 0.2) is 12.7 Å². The molecule has 0 bridgehead atoms. The molecule has 0 fully saturated rings. The monoisotopic (exact) mass is 239 g/mol. The number of carbonyl (C=O) groups excluding carboxylic acids is 1. The number of ether oxygens (including phenoxy) is 1. The maximum atomic E-state index is 10.4. The fourth-order valence-corrected chi connectivity index (χ4v) is 0.757. The van der Waals surface area contributed by atoms with Crippen LogP contribution in [0, 0.1) is 0 Å². The van der Waals surface area contributed by atoms with Gasteiger partial charge in [0.1, 0.15) is 13.2 Å². The lowest BCUT2D eigenvalue weighted by Gasteiger charge is -2.00. The van der Waals surface area contributed by atoms with Gasteiger partial charge in [-0.1, -0.05) is 6.58 Å². The Morgan fingerprint density at radius 1 is 1.40 bits per heavy atom. The molecule has 0 aromatic heterocycles. The second-order valence-electron chi connectivity index (χ2n) is 2.40. The van der Waals surface area contributed by atoms with Gasteiger partial charge in [-0.3, -0.25) is 4.18 Å². The van der Waals surface area contributed by atoms with Gasteiger partial charge in [-0.15, -0.1) is 0 Å². The minimum absolute atomic E-state index is 0.0993. The molecule has 15 heavy (non-hydrogen) atoms. The molecule has 0 saturated carbocycles. The van der Waals surface area contributed by atoms with E-state index in [1.54, 1.807) is 0 Å². The molecule has 6 nitrogen and oxygen atoms in total. The highest BCUT2D eigenvalue weighted by atomic mass is 32.2. The summed E-state index contributed by atoms with van der Waals surface area (Å²) in [5.41, 5.74) is 0. The third kappa shape index (κ3) is 19.5. The fraction of sp³-hybridized carbons (Fsp3) is 0.625. The smallest absolute Gasteiger partial charge is 0.330 e. The van der Waals surface area contributed by atoms with Crippen LogP contribution in [0.4, 0.5) is 0 Å². The van der Waals surface area contributed by atoms with Crippen LogP contribution in [-0.4, -0.2) is 48.0 Å². The third-order valence-corrected chi connectivity index (χ3v) is 1.39. The van der Waals surface area contributed by atoms with E-state index in [2.05, 4.69) is 20.8 Å². The van der Waals surface area contributed by atoms with Crippen LogP contribution in [0.25, 0.3) is 0 Å². The Labute approximate surface area is 90.4 Å². The van der Waals surface area contributed by atoms with Crippen LogP contribution in [0.2, 0.25) is 0 Å². The van der Waals surface area contributed by atoms with E-state index in [0.717, 1.165) is 12.3 Å². The van der Waals surface area contributed by atoms with Crippen molar-refractivity contribution in [3.8, 4) is 0 Å². The summed E-state index contributed by atoms with van der Waals surface area (Å²) < 4.78 is 29.5. The van der Waals surface area contributed by atoms with Crippen LogP contribution in [0.1, 0.15) is 0 Å². The summed E-state index contributed by atoms with van der Waals surface area (Å²) in [7, 11) is 0.304. The molecule has 1 N–H and O–H groups in total.